The number of likely N-dealkylation sites (N-methyl/N-ethyl adjacent to an activating group) is 1. The third-order valence-electron chi connectivity index (χ3n) is 3.38. The number of piperazine rings is 1. The molecule has 0 amide bonds. The molecule has 1 fully saturated rings. The van der Waals surface area contributed by atoms with Crippen molar-refractivity contribution in [2.24, 2.45) is 5.73 Å². The highest BCUT2D eigenvalue weighted by Crippen LogP contribution is 2.29. The highest BCUT2D eigenvalue weighted by atomic mass is 35.5. The maximum absolute atomic E-state index is 6.34. The number of halogens is 1. The lowest BCUT2D eigenvalue weighted by molar-refractivity contribution is 0.271. The third-order valence-corrected chi connectivity index (χ3v) is 3.78. The fraction of sp³-hybridized carbons (Fsp3) is 0.462. The molecule has 0 atom stereocenters. The van der Waals surface area contributed by atoms with Crippen molar-refractivity contribution in [3.8, 4) is 0 Å². The molecule has 1 aromatic rings. The molecule has 0 aliphatic carbocycles. The van der Waals surface area contributed by atoms with Crippen molar-refractivity contribution >= 4 is 40.3 Å². The number of nitrogens with one attached hydrogen (secondary N) is 1. The molecule has 0 unspecified atom stereocenters. The van der Waals surface area contributed by atoms with E-state index in [1.807, 2.05) is 18.2 Å². The van der Waals surface area contributed by atoms with E-state index in [-0.39, 0.29) is 5.11 Å². The van der Waals surface area contributed by atoms with E-state index < -0.39 is 0 Å². The summed E-state index contributed by atoms with van der Waals surface area (Å²) >= 11 is 11.1. The Morgan fingerprint density at radius 3 is 2.58 bits per heavy atom. The Kier molecular flexibility index (Phi) is 4.85. The molecule has 1 aliphatic heterocycles. The van der Waals surface area contributed by atoms with Crippen LogP contribution in [0, 0.1) is 0 Å². The highest BCUT2D eigenvalue weighted by molar-refractivity contribution is 7.80. The van der Waals surface area contributed by atoms with Gasteiger partial charge in [0.25, 0.3) is 0 Å². The van der Waals surface area contributed by atoms with Crippen molar-refractivity contribution in [2.45, 2.75) is 6.92 Å². The van der Waals surface area contributed by atoms with Crippen LogP contribution in [0.3, 0.4) is 0 Å². The molecule has 4 nitrogen and oxygen atoms in total. The molecule has 1 saturated heterocycles. The van der Waals surface area contributed by atoms with E-state index in [2.05, 4.69) is 22.0 Å². The van der Waals surface area contributed by atoms with Crippen LogP contribution in [0.25, 0.3) is 0 Å². The lowest BCUT2D eigenvalue weighted by Gasteiger charge is -2.36. The van der Waals surface area contributed by atoms with Crippen molar-refractivity contribution in [1.29, 1.82) is 0 Å². The van der Waals surface area contributed by atoms with Crippen molar-refractivity contribution in [1.82, 2.24) is 4.90 Å². The minimum atomic E-state index is 0.250. The van der Waals surface area contributed by atoms with Crippen molar-refractivity contribution in [2.75, 3.05) is 42.9 Å². The average Bonchev–Trinajstić information content (AvgIpc) is 2.38. The highest BCUT2D eigenvalue weighted by Gasteiger charge is 2.17. The molecule has 6 heteroatoms. The smallest absolute Gasteiger partial charge is 0.168 e. The quantitative estimate of drug-likeness (QED) is 0.837. The number of hydrogen-bond acceptors (Lipinski definition) is 3. The average molecular weight is 299 g/mol. The number of anilines is 2. The van der Waals surface area contributed by atoms with Crippen molar-refractivity contribution < 1.29 is 0 Å². The van der Waals surface area contributed by atoms with E-state index in [1.54, 1.807) is 0 Å². The summed E-state index contributed by atoms with van der Waals surface area (Å²) in [4.78, 5) is 4.76. The topological polar surface area (TPSA) is 44.5 Å². The summed E-state index contributed by atoms with van der Waals surface area (Å²) in [6, 6.07) is 5.83. The van der Waals surface area contributed by atoms with Gasteiger partial charge in [0.2, 0.25) is 0 Å². The van der Waals surface area contributed by atoms with Crippen molar-refractivity contribution in [3.05, 3.63) is 23.2 Å². The third kappa shape index (κ3) is 3.72. The Morgan fingerprint density at radius 2 is 2.05 bits per heavy atom. The normalized spacial score (nSPS) is 16.4. The van der Waals surface area contributed by atoms with Gasteiger partial charge in [0, 0.05) is 31.9 Å². The van der Waals surface area contributed by atoms with E-state index in [1.165, 1.54) is 0 Å². The van der Waals surface area contributed by atoms with Gasteiger partial charge >= 0.3 is 0 Å². The zero-order valence-electron chi connectivity index (χ0n) is 11.0. The van der Waals surface area contributed by atoms with Gasteiger partial charge < -0.3 is 20.9 Å². The Bertz CT molecular complexity index is 458. The van der Waals surface area contributed by atoms with E-state index >= 15 is 0 Å². The van der Waals surface area contributed by atoms with Gasteiger partial charge in [-0.15, -0.1) is 0 Å². The van der Waals surface area contributed by atoms with Crippen LogP contribution in [0.15, 0.2) is 18.2 Å². The van der Waals surface area contributed by atoms with Gasteiger partial charge in [0.15, 0.2) is 5.11 Å². The minimum absolute atomic E-state index is 0.250. The van der Waals surface area contributed by atoms with E-state index in [0.717, 1.165) is 49.1 Å². The van der Waals surface area contributed by atoms with E-state index in [4.69, 9.17) is 29.6 Å². The molecule has 3 N–H and O–H groups in total. The maximum Gasteiger partial charge on any atom is 0.168 e. The van der Waals surface area contributed by atoms with Gasteiger partial charge in [-0.3, -0.25) is 0 Å². The first-order valence-corrected chi connectivity index (χ1v) is 7.22. The number of rotatable bonds is 3. The second-order valence-corrected chi connectivity index (χ2v) is 5.42. The van der Waals surface area contributed by atoms with Crippen LogP contribution in [-0.2, 0) is 0 Å². The Labute approximate surface area is 124 Å². The number of benzene rings is 1. The Balaban J connectivity index is 2.07. The number of hydrogen-bond donors (Lipinski definition) is 2. The zero-order valence-corrected chi connectivity index (χ0v) is 12.6. The summed E-state index contributed by atoms with van der Waals surface area (Å²) < 4.78 is 0. The summed E-state index contributed by atoms with van der Waals surface area (Å²) in [5.41, 5.74) is 7.35. The van der Waals surface area contributed by atoms with Gasteiger partial charge in [-0.2, -0.15) is 0 Å². The molecular weight excluding hydrogens is 280 g/mol. The Morgan fingerprint density at radius 1 is 1.37 bits per heavy atom. The minimum Gasteiger partial charge on any atom is -0.376 e. The number of nitrogens with zero attached hydrogens (tertiary/aromatic N) is 2. The van der Waals surface area contributed by atoms with E-state index in [9.17, 15) is 0 Å². The molecule has 104 valence electrons. The molecule has 0 radical (unpaired) electrons. The van der Waals surface area contributed by atoms with Gasteiger partial charge in [-0.05, 0) is 37.0 Å². The lowest BCUT2D eigenvalue weighted by atomic mass is 10.2. The molecule has 2 rings (SSSR count). The first-order valence-electron chi connectivity index (χ1n) is 6.43. The summed E-state index contributed by atoms with van der Waals surface area (Å²) in [6.45, 7) is 7.49. The molecule has 0 spiro atoms. The summed E-state index contributed by atoms with van der Waals surface area (Å²) in [5.74, 6) is 0. The fourth-order valence-corrected chi connectivity index (χ4v) is 2.71. The molecule has 1 aliphatic rings. The molecule has 1 heterocycles. The molecule has 19 heavy (non-hydrogen) atoms. The predicted molar refractivity (Wildman–Crippen MR) is 86.2 cm³/mol. The van der Waals surface area contributed by atoms with Crippen LogP contribution < -0.4 is 16.0 Å². The van der Waals surface area contributed by atoms with Crippen LogP contribution in [0.5, 0.6) is 0 Å². The second kappa shape index (κ2) is 6.41. The van der Waals surface area contributed by atoms with Crippen LogP contribution >= 0.6 is 23.8 Å². The monoisotopic (exact) mass is 298 g/mol. The predicted octanol–water partition coefficient (Wildman–Crippen LogP) is 2.14. The standard InChI is InChI=1S/C13H19ClN4S/c1-2-17-5-7-18(8-6-17)12-4-3-10(9-11(12)14)16-13(15)19/h3-4,9H,2,5-8H2,1H3,(H3,15,16,19). The zero-order chi connectivity index (χ0) is 13.8. The van der Waals surface area contributed by atoms with Gasteiger partial charge in [0.05, 0.1) is 10.7 Å². The summed E-state index contributed by atoms with van der Waals surface area (Å²) in [6.07, 6.45) is 0. The summed E-state index contributed by atoms with van der Waals surface area (Å²) in [5, 5.41) is 3.87. The molecule has 0 bridgehead atoms. The van der Waals surface area contributed by atoms with Crippen LogP contribution in [0.2, 0.25) is 5.02 Å². The number of nitrogens with two attached hydrogens (primary N) is 1. The molecule has 0 aromatic heterocycles. The number of thiocarbonyl (C=S) groups is 1. The largest absolute Gasteiger partial charge is 0.376 e. The fourth-order valence-electron chi connectivity index (χ4n) is 2.29. The first kappa shape index (κ1) is 14.4. The second-order valence-electron chi connectivity index (χ2n) is 4.58. The SMILES string of the molecule is CCN1CCN(c2ccc(NC(N)=S)cc2Cl)CC1. The first-order chi connectivity index (χ1) is 9.10. The molecular formula is C13H19ClN4S. The Hall–Kier alpha value is -1.04. The summed E-state index contributed by atoms with van der Waals surface area (Å²) in [7, 11) is 0. The van der Waals surface area contributed by atoms with E-state index in [0.29, 0.717) is 0 Å². The van der Waals surface area contributed by atoms with Crippen LogP contribution in [0.4, 0.5) is 11.4 Å². The van der Waals surface area contributed by atoms with Crippen LogP contribution in [0.1, 0.15) is 6.92 Å². The van der Waals surface area contributed by atoms with Gasteiger partial charge in [-0.1, -0.05) is 18.5 Å². The van der Waals surface area contributed by atoms with Gasteiger partial charge in [-0.25, -0.2) is 0 Å². The van der Waals surface area contributed by atoms with Crippen LogP contribution in [-0.4, -0.2) is 42.7 Å². The molecule has 0 saturated carbocycles. The lowest BCUT2D eigenvalue weighted by Crippen LogP contribution is -2.46. The molecule has 1 aromatic carbocycles. The van der Waals surface area contributed by atoms with Gasteiger partial charge in [0.1, 0.15) is 0 Å². The maximum atomic E-state index is 6.34. The van der Waals surface area contributed by atoms with Crippen molar-refractivity contribution in [3.63, 3.8) is 0 Å².